The summed E-state index contributed by atoms with van der Waals surface area (Å²) in [6, 6.07) is 2.24. The second-order valence-electron chi connectivity index (χ2n) is 6.90. The Morgan fingerprint density at radius 1 is 1.32 bits per heavy atom. The third-order valence-corrected chi connectivity index (χ3v) is 4.99. The number of aromatic nitrogens is 2. The number of hydrogen-bond donors (Lipinski definition) is 1. The lowest BCUT2D eigenvalue weighted by Crippen LogP contribution is -2.34. The number of nitrogens with one attached hydrogen (secondary N) is 1. The number of halogens is 1. The molecule has 0 aromatic carbocycles. The van der Waals surface area contributed by atoms with Crippen LogP contribution in [-0.2, 0) is 4.74 Å². The van der Waals surface area contributed by atoms with E-state index in [0.29, 0.717) is 17.8 Å². The van der Waals surface area contributed by atoms with Crippen molar-refractivity contribution >= 4 is 18.3 Å². The van der Waals surface area contributed by atoms with Gasteiger partial charge in [0, 0.05) is 32.4 Å². The highest BCUT2D eigenvalue weighted by molar-refractivity contribution is 5.92. The summed E-state index contributed by atoms with van der Waals surface area (Å²) in [4.78, 5) is 14.7. The van der Waals surface area contributed by atoms with Crippen LogP contribution in [0.4, 0.5) is 0 Å². The Kier molecular flexibility index (Phi) is 8.19. The number of piperidine rings is 1. The van der Waals surface area contributed by atoms with E-state index in [4.69, 9.17) is 4.74 Å². The maximum absolute atomic E-state index is 12.8. The van der Waals surface area contributed by atoms with E-state index in [2.05, 4.69) is 17.3 Å². The summed E-state index contributed by atoms with van der Waals surface area (Å²) in [6.07, 6.45) is 8.58. The van der Waals surface area contributed by atoms with Gasteiger partial charge in [-0.05, 0) is 51.1 Å². The molecule has 0 spiro atoms. The minimum absolute atomic E-state index is 0. The summed E-state index contributed by atoms with van der Waals surface area (Å²) in [6.45, 7) is 6.55. The van der Waals surface area contributed by atoms with Crippen LogP contribution in [0.15, 0.2) is 12.3 Å². The molecule has 2 saturated heterocycles. The average molecular weight is 371 g/mol. The van der Waals surface area contributed by atoms with Gasteiger partial charge in [0.1, 0.15) is 5.69 Å². The topological polar surface area (TPSA) is 59.4 Å². The summed E-state index contributed by atoms with van der Waals surface area (Å²) in [7, 11) is 0. The van der Waals surface area contributed by atoms with Crippen LogP contribution in [0.25, 0.3) is 0 Å². The number of ether oxygens (including phenoxy) is 1. The van der Waals surface area contributed by atoms with Crippen LogP contribution in [0.3, 0.4) is 0 Å². The molecule has 2 fully saturated rings. The number of carbonyl (C=O) groups excluding carboxylic acids is 1. The molecule has 0 bridgehead atoms. The highest BCUT2D eigenvalue weighted by atomic mass is 35.5. The monoisotopic (exact) mass is 370 g/mol. The number of amides is 1. The van der Waals surface area contributed by atoms with Crippen LogP contribution in [-0.4, -0.2) is 59.5 Å². The molecular formula is C18H31ClN4O2. The second-order valence-corrected chi connectivity index (χ2v) is 6.90. The van der Waals surface area contributed by atoms with E-state index in [9.17, 15) is 4.79 Å². The smallest absolute Gasteiger partial charge is 0.274 e. The standard InChI is InChI=1S/C18H30N4O2.ClH/c1-2-13-24-16-6-4-10-21(11-7-16)18(23)17-8-12-22(20-17)15-5-3-9-19-14-15;/h8,12,15-16,19H,2-7,9-11,13-14H2,1H3;1H. The van der Waals surface area contributed by atoms with Crippen molar-refractivity contribution in [3.63, 3.8) is 0 Å². The van der Waals surface area contributed by atoms with Gasteiger partial charge in [0.2, 0.25) is 0 Å². The first-order valence-corrected chi connectivity index (χ1v) is 9.44. The number of nitrogens with zero attached hydrogens (tertiary/aromatic N) is 3. The van der Waals surface area contributed by atoms with Gasteiger partial charge in [-0.1, -0.05) is 6.92 Å². The van der Waals surface area contributed by atoms with Crippen molar-refractivity contribution in [2.45, 2.75) is 57.6 Å². The van der Waals surface area contributed by atoms with Crippen LogP contribution in [0.5, 0.6) is 0 Å². The van der Waals surface area contributed by atoms with Crippen LogP contribution < -0.4 is 5.32 Å². The molecule has 1 aromatic heterocycles. The maximum Gasteiger partial charge on any atom is 0.274 e. The summed E-state index contributed by atoms with van der Waals surface area (Å²) in [5.74, 6) is 0.0636. The zero-order chi connectivity index (χ0) is 16.8. The molecule has 2 aliphatic rings. The Bertz CT molecular complexity index is 531. The lowest BCUT2D eigenvalue weighted by molar-refractivity contribution is 0.0432. The second kappa shape index (κ2) is 10.1. The minimum atomic E-state index is 0. The molecule has 142 valence electrons. The van der Waals surface area contributed by atoms with Crippen LogP contribution in [0, 0.1) is 0 Å². The minimum Gasteiger partial charge on any atom is -0.378 e. The van der Waals surface area contributed by atoms with Crippen molar-refractivity contribution in [2.24, 2.45) is 0 Å². The molecule has 1 amide bonds. The first kappa shape index (κ1) is 20.2. The molecule has 2 atom stereocenters. The van der Waals surface area contributed by atoms with E-state index in [1.165, 1.54) is 6.42 Å². The highest BCUT2D eigenvalue weighted by Gasteiger charge is 2.24. The van der Waals surface area contributed by atoms with Crippen LogP contribution in [0.2, 0.25) is 0 Å². The molecule has 3 heterocycles. The van der Waals surface area contributed by atoms with Crippen molar-refractivity contribution in [2.75, 3.05) is 32.8 Å². The van der Waals surface area contributed by atoms with E-state index in [1.54, 1.807) is 0 Å². The molecule has 3 rings (SSSR count). The molecule has 0 saturated carbocycles. The van der Waals surface area contributed by atoms with Gasteiger partial charge in [-0.25, -0.2) is 0 Å². The SMILES string of the molecule is CCCOC1CCCN(C(=O)c2ccn(C3CCCNC3)n2)CC1.Cl. The van der Waals surface area contributed by atoms with Gasteiger partial charge in [0.25, 0.3) is 5.91 Å². The van der Waals surface area contributed by atoms with Crippen molar-refractivity contribution in [3.8, 4) is 0 Å². The van der Waals surface area contributed by atoms with Gasteiger partial charge >= 0.3 is 0 Å². The maximum atomic E-state index is 12.8. The zero-order valence-electron chi connectivity index (χ0n) is 15.2. The molecular weight excluding hydrogens is 340 g/mol. The Morgan fingerprint density at radius 2 is 2.20 bits per heavy atom. The fourth-order valence-corrected chi connectivity index (χ4v) is 3.60. The van der Waals surface area contributed by atoms with Crippen molar-refractivity contribution in [1.29, 1.82) is 0 Å². The molecule has 6 nitrogen and oxygen atoms in total. The van der Waals surface area contributed by atoms with Crippen LogP contribution in [0.1, 0.15) is 62.0 Å². The largest absolute Gasteiger partial charge is 0.378 e. The van der Waals surface area contributed by atoms with E-state index in [-0.39, 0.29) is 18.3 Å². The molecule has 25 heavy (non-hydrogen) atoms. The first-order chi connectivity index (χ1) is 11.8. The van der Waals surface area contributed by atoms with E-state index in [1.807, 2.05) is 21.8 Å². The molecule has 7 heteroatoms. The van der Waals surface area contributed by atoms with Crippen molar-refractivity contribution < 1.29 is 9.53 Å². The number of hydrogen-bond acceptors (Lipinski definition) is 4. The normalized spacial score (nSPS) is 24.4. The number of rotatable bonds is 5. The van der Waals surface area contributed by atoms with Gasteiger partial charge < -0.3 is 15.0 Å². The summed E-state index contributed by atoms with van der Waals surface area (Å²) < 4.78 is 7.83. The summed E-state index contributed by atoms with van der Waals surface area (Å²) in [5, 5.41) is 7.96. The molecule has 1 aromatic rings. The summed E-state index contributed by atoms with van der Waals surface area (Å²) >= 11 is 0. The molecule has 1 N–H and O–H groups in total. The predicted molar refractivity (Wildman–Crippen MR) is 100 cm³/mol. The van der Waals surface area contributed by atoms with Gasteiger partial charge in [0.15, 0.2) is 0 Å². The van der Waals surface area contributed by atoms with Gasteiger partial charge in [-0.2, -0.15) is 5.10 Å². The van der Waals surface area contributed by atoms with E-state index in [0.717, 1.165) is 64.9 Å². The van der Waals surface area contributed by atoms with Gasteiger partial charge in [0.05, 0.1) is 12.1 Å². The Hall–Kier alpha value is -1.11. The Morgan fingerprint density at radius 3 is 2.96 bits per heavy atom. The van der Waals surface area contributed by atoms with Gasteiger partial charge in [-0.15, -0.1) is 12.4 Å². The van der Waals surface area contributed by atoms with Crippen LogP contribution >= 0.6 is 12.4 Å². The molecule has 0 aliphatic carbocycles. The van der Waals surface area contributed by atoms with Gasteiger partial charge in [-0.3, -0.25) is 9.48 Å². The summed E-state index contributed by atoms with van der Waals surface area (Å²) in [5.41, 5.74) is 0.577. The predicted octanol–water partition coefficient (Wildman–Crippen LogP) is 2.65. The highest BCUT2D eigenvalue weighted by Crippen LogP contribution is 2.18. The fraction of sp³-hybridized carbons (Fsp3) is 0.778. The Labute approximate surface area is 156 Å². The lowest BCUT2D eigenvalue weighted by Gasteiger charge is -2.23. The quantitative estimate of drug-likeness (QED) is 0.865. The fourth-order valence-electron chi connectivity index (χ4n) is 3.60. The first-order valence-electron chi connectivity index (χ1n) is 9.44. The third-order valence-electron chi connectivity index (χ3n) is 4.99. The van der Waals surface area contributed by atoms with E-state index < -0.39 is 0 Å². The third kappa shape index (κ3) is 5.43. The van der Waals surface area contributed by atoms with E-state index >= 15 is 0 Å². The van der Waals surface area contributed by atoms with Crippen molar-refractivity contribution in [1.82, 2.24) is 20.0 Å². The number of likely N-dealkylation sites (tertiary alicyclic amines) is 1. The lowest BCUT2D eigenvalue weighted by atomic mass is 10.1. The Balaban J connectivity index is 0.00000225. The molecule has 2 unspecified atom stereocenters. The zero-order valence-corrected chi connectivity index (χ0v) is 16.0. The molecule has 0 radical (unpaired) electrons. The average Bonchev–Trinajstić information content (AvgIpc) is 3.00. The molecule has 2 aliphatic heterocycles. The van der Waals surface area contributed by atoms with Crippen molar-refractivity contribution in [3.05, 3.63) is 18.0 Å². The number of carbonyl (C=O) groups is 1.